The van der Waals surface area contributed by atoms with Crippen LogP contribution in [0.4, 0.5) is 0 Å². The Hall–Kier alpha value is -1.10. The highest BCUT2D eigenvalue weighted by atomic mass is 16.5. The summed E-state index contributed by atoms with van der Waals surface area (Å²) in [6, 6.07) is 0. The van der Waals surface area contributed by atoms with Gasteiger partial charge in [-0.15, -0.1) is 0 Å². The van der Waals surface area contributed by atoms with Crippen molar-refractivity contribution in [3.05, 3.63) is 0 Å². The molecule has 2 N–H and O–H groups in total. The van der Waals surface area contributed by atoms with Crippen molar-refractivity contribution in [2.45, 2.75) is 32.6 Å². The van der Waals surface area contributed by atoms with Crippen molar-refractivity contribution >= 4 is 11.9 Å². The topological polar surface area (TPSA) is 75.6 Å². The van der Waals surface area contributed by atoms with Crippen LogP contribution >= 0.6 is 0 Å². The first-order valence-corrected chi connectivity index (χ1v) is 5.99. The molecular weight excluding hydrogens is 222 g/mol. The van der Waals surface area contributed by atoms with Crippen LogP contribution < -0.4 is 5.32 Å². The molecule has 5 nitrogen and oxygen atoms in total. The maximum Gasteiger partial charge on any atom is 0.311 e. The summed E-state index contributed by atoms with van der Waals surface area (Å²) < 4.78 is 4.95. The molecule has 0 aromatic carbocycles. The molecule has 0 heterocycles. The van der Waals surface area contributed by atoms with Gasteiger partial charge in [0.25, 0.3) is 0 Å². The zero-order chi connectivity index (χ0) is 12.9. The monoisotopic (exact) mass is 243 g/mol. The summed E-state index contributed by atoms with van der Waals surface area (Å²) >= 11 is 0. The average Bonchev–Trinajstić information content (AvgIpc) is 2.15. The van der Waals surface area contributed by atoms with Crippen molar-refractivity contribution in [2.75, 3.05) is 20.3 Å². The summed E-state index contributed by atoms with van der Waals surface area (Å²) in [6.45, 7) is 2.72. The van der Waals surface area contributed by atoms with Gasteiger partial charge >= 0.3 is 5.97 Å². The molecule has 1 atom stereocenters. The van der Waals surface area contributed by atoms with Crippen LogP contribution in [0.2, 0.25) is 0 Å². The van der Waals surface area contributed by atoms with Crippen molar-refractivity contribution in [1.29, 1.82) is 0 Å². The fourth-order valence-corrected chi connectivity index (χ4v) is 2.07. The minimum atomic E-state index is -0.797. The molecule has 0 radical (unpaired) electrons. The van der Waals surface area contributed by atoms with Gasteiger partial charge in [0.15, 0.2) is 0 Å². The van der Waals surface area contributed by atoms with Gasteiger partial charge in [0.1, 0.15) is 0 Å². The zero-order valence-corrected chi connectivity index (χ0v) is 10.5. The van der Waals surface area contributed by atoms with Crippen LogP contribution in [-0.2, 0) is 14.3 Å². The fourth-order valence-electron chi connectivity index (χ4n) is 2.07. The third kappa shape index (κ3) is 3.70. The maximum absolute atomic E-state index is 11.6. The molecule has 1 rings (SSSR count). The minimum absolute atomic E-state index is 0.0953. The van der Waals surface area contributed by atoms with Gasteiger partial charge in [0, 0.05) is 26.7 Å². The second kappa shape index (κ2) is 6.00. The van der Waals surface area contributed by atoms with Crippen LogP contribution in [0.5, 0.6) is 0 Å². The highest BCUT2D eigenvalue weighted by Crippen LogP contribution is 2.40. The number of rotatable bonds is 7. The van der Waals surface area contributed by atoms with E-state index in [1.54, 1.807) is 7.11 Å². The molecule has 1 saturated carbocycles. The summed E-state index contributed by atoms with van der Waals surface area (Å²) in [5, 5.41) is 11.8. The molecule has 1 aliphatic rings. The summed E-state index contributed by atoms with van der Waals surface area (Å²) in [5.41, 5.74) is -0.708. The van der Waals surface area contributed by atoms with Gasteiger partial charge in [-0.05, 0) is 18.8 Å². The molecule has 0 saturated heterocycles. The van der Waals surface area contributed by atoms with E-state index in [9.17, 15) is 9.59 Å². The number of carboxylic acids is 1. The molecule has 1 amide bonds. The summed E-state index contributed by atoms with van der Waals surface area (Å²) in [6.07, 6.45) is 2.64. The molecule has 98 valence electrons. The Bertz CT molecular complexity index is 286. The minimum Gasteiger partial charge on any atom is -0.481 e. The van der Waals surface area contributed by atoms with Crippen LogP contribution in [0.15, 0.2) is 0 Å². The number of methoxy groups -OCH3 is 1. The predicted molar refractivity (Wildman–Crippen MR) is 62.6 cm³/mol. The molecule has 17 heavy (non-hydrogen) atoms. The Balaban J connectivity index is 2.30. The summed E-state index contributed by atoms with van der Waals surface area (Å²) in [7, 11) is 1.60. The molecule has 1 aliphatic carbocycles. The first-order chi connectivity index (χ1) is 8.00. The number of carboxylic acid groups (broad SMARTS) is 1. The van der Waals surface area contributed by atoms with E-state index in [2.05, 4.69) is 5.32 Å². The van der Waals surface area contributed by atoms with Gasteiger partial charge in [0.05, 0.1) is 5.41 Å². The Labute approximate surface area is 102 Å². The van der Waals surface area contributed by atoms with Crippen LogP contribution in [0, 0.1) is 11.3 Å². The van der Waals surface area contributed by atoms with Crippen molar-refractivity contribution in [3.8, 4) is 0 Å². The van der Waals surface area contributed by atoms with Crippen LogP contribution in [-0.4, -0.2) is 37.2 Å². The van der Waals surface area contributed by atoms with Gasteiger partial charge in [-0.25, -0.2) is 0 Å². The summed E-state index contributed by atoms with van der Waals surface area (Å²) in [4.78, 5) is 22.6. The van der Waals surface area contributed by atoms with E-state index in [4.69, 9.17) is 9.84 Å². The predicted octanol–water partition coefficient (Wildman–Crippen LogP) is 1.03. The second-order valence-electron chi connectivity index (χ2n) is 4.98. The quantitative estimate of drug-likeness (QED) is 0.700. The lowest BCUT2D eigenvalue weighted by Gasteiger charge is -2.37. The van der Waals surface area contributed by atoms with Crippen LogP contribution in [0.25, 0.3) is 0 Å². The van der Waals surface area contributed by atoms with Crippen molar-refractivity contribution in [2.24, 2.45) is 11.3 Å². The third-order valence-electron chi connectivity index (χ3n) is 3.37. The number of carbonyl (C=O) groups is 2. The highest BCUT2D eigenvalue weighted by molar-refractivity contribution is 5.79. The number of nitrogens with one attached hydrogen (secondary N) is 1. The molecule has 0 aromatic heterocycles. The number of amides is 1. The first kappa shape index (κ1) is 14.0. The average molecular weight is 243 g/mol. The molecule has 1 unspecified atom stereocenters. The van der Waals surface area contributed by atoms with Crippen molar-refractivity contribution in [3.63, 3.8) is 0 Å². The number of ether oxygens (including phenoxy) is 1. The lowest BCUT2D eigenvalue weighted by atomic mass is 9.69. The fraction of sp³-hybridized carbons (Fsp3) is 0.833. The molecule has 0 bridgehead atoms. The number of hydrogen-bond donors (Lipinski definition) is 2. The van der Waals surface area contributed by atoms with Gasteiger partial charge < -0.3 is 15.2 Å². The highest BCUT2D eigenvalue weighted by Gasteiger charge is 2.44. The largest absolute Gasteiger partial charge is 0.481 e. The van der Waals surface area contributed by atoms with E-state index in [0.717, 1.165) is 6.42 Å². The smallest absolute Gasteiger partial charge is 0.311 e. The summed E-state index contributed by atoms with van der Waals surface area (Å²) in [5.74, 6) is -0.738. The zero-order valence-electron chi connectivity index (χ0n) is 10.5. The molecule has 0 aromatic rings. The van der Waals surface area contributed by atoms with E-state index in [1.807, 2.05) is 6.92 Å². The molecule has 5 heteroatoms. The third-order valence-corrected chi connectivity index (χ3v) is 3.37. The Morgan fingerprint density at radius 1 is 1.47 bits per heavy atom. The molecular formula is C12H21NO4. The SMILES string of the molecule is COCC(C)CC(=O)NCC1(C(=O)O)CCC1. The Morgan fingerprint density at radius 2 is 2.12 bits per heavy atom. The van der Waals surface area contributed by atoms with Gasteiger partial charge in [-0.2, -0.15) is 0 Å². The van der Waals surface area contributed by atoms with Gasteiger partial charge in [-0.3, -0.25) is 9.59 Å². The lowest BCUT2D eigenvalue weighted by Crippen LogP contribution is -2.47. The van der Waals surface area contributed by atoms with E-state index < -0.39 is 11.4 Å². The number of aliphatic carboxylic acids is 1. The Morgan fingerprint density at radius 3 is 2.53 bits per heavy atom. The standard InChI is InChI=1S/C12H21NO4/c1-9(7-17-2)6-10(14)13-8-12(11(15)16)4-3-5-12/h9H,3-8H2,1-2H3,(H,13,14)(H,15,16). The van der Waals surface area contributed by atoms with Crippen LogP contribution in [0.3, 0.4) is 0 Å². The molecule has 0 spiro atoms. The van der Waals surface area contributed by atoms with Crippen molar-refractivity contribution < 1.29 is 19.4 Å². The van der Waals surface area contributed by atoms with E-state index >= 15 is 0 Å². The maximum atomic E-state index is 11.6. The Kier molecular flexibility index (Phi) is 4.93. The normalized spacial score (nSPS) is 19.2. The number of hydrogen-bond acceptors (Lipinski definition) is 3. The van der Waals surface area contributed by atoms with Gasteiger partial charge in [-0.1, -0.05) is 13.3 Å². The van der Waals surface area contributed by atoms with E-state index in [-0.39, 0.29) is 18.4 Å². The second-order valence-corrected chi connectivity index (χ2v) is 4.98. The molecule has 0 aliphatic heterocycles. The van der Waals surface area contributed by atoms with E-state index in [1.165, 1.54) is 0 Å². The van der Waals surface area contributed by atoms with Gasteiger partial charge in [0.2, 0.25) is 5.91 Å². The lowest BCUT2D eigenvalue weighted by molar-refractivity contribution is -0.154. The molecule has 1 fully saturated rings. The van der Waals surface area contributed by atoms with E-state index in [0.29, 0.717) is 25.9 Å². The van der Waals surface area contributed by atoms with Crippen molar-refractivity contribution in [1.82, 2.24) is 5.32 Å². The van der Waals surface area contributed by atoms with Crippen LogP contribution in [0.1, 0.15) is 32.6 Å². The number of carbonyl (C=O) groups excluding carboxylic acids is 1. The first-order valence-electron chi connectivity index (χ1n) is 5.99.